The standard InChI is InChI=1S/C6H8N4/c1-5-2-7-6-8-4-9-10(6)3-5/h2,4-5H,3H2,1H3. The van der Waals surface area contributed by atoms with Crippen molar-refractivity contribution < 1.29 is 0 Å². The predicted molar refractivity (Wildman–Crippen MR) is 37.3 cm³/mol. The van der Waals surface area contributed by atoms with Crippen LogP contribution in [0.1, 0.15) is 6.92 Å². The van der Waals surface area contributed by atoms with E-state index in [0.29, 0.717) is 5.92 Å². The Hall–Kier alpha value is -1.19. The summed E-state index contributed by atoms with van der Waals surface area (Å²) in [6.45, 7) is 3.01. The topological polar surface area (TPSA) is 43.1 Å². The molecule has 0 amide bonds. The summed E-state index contributed by atoms with van der Waals surface area (Å²) in [7, 11) is 0. The summed E-state index contributed by atoms with van der Waals surface area (Å²) < 4.78 is 1.81. The minimum Gasteiger partial charge on any atom is -0.230 e. The van der Waals surface area contributed by atoms with Crippen LogP contribution in [-0.2, 0) is 6.54 Å². The van der Waals surface area contributed by atoms with Crippen molar-refractivity contribution in [2.75, 3.05) is 0 Å². The Morgan fingerprint density at radius 1 is 1.70 bits per heavy atom. The van der Waals surface area contributed by atoms with Crippen LogP contribution in [-0.4, -0.2) is 21.0 Å². The van der Waals surface area contributed by atoms with E-state index in [1.165, 1.54) is 6.33 Å². The van der Waals surface area contributed by atoms with Gasteiger partial charge in [-0.25, -0.2) is 9.67 Å². The van der Waals surface area contributed by atoms with Crippen LogP contribution in [0.25, 0.3) is 0 Å². The largest absolute Gasteiger partial charge is 0.247 e. The molecule has 2 rings (SSSR count). The summed E-state index contributed by atoms with van der Waals surface area (Å²) >= 11 is 0. The molecule has 2 heterocycles. The van der Waals surface area contributed by atoms with Gasteiger partial charge in [0.15, 0.2) is 0 Å². The Morgan fingerprint density at radius 2 is 2.60 bits per heavy atom. The molecule has 0 aromatic carbocycles. The maximum absolute atomic E-state index is 4.10. The van der Waals surface area contributed by atoms with Gasteiger partial charge in [-0.1, -0.05) is 6.92 Å². The van der Waals surface area contributed by atoms with Crippen molar-refractivity contribution in [2.24, 2.45) is 10.9 Å². The van der Waals surface area contributed by atoms with E-state index in [9.17, 15) is 0 Å². The van der Waals surface area contributed by atoms with Crippen molar-refractivity contribution in [3.8, 4) is 0 Å². The molecule has 1 atom stereocenters. The fourth-order valence-corrected chi connectivity index (χ4v) is 1.00. The zero-order valence-electron chi connectivity index (χ0n) is 5.73. The molecule has 10 heavy (non-hydrogen) atoms. The Kier molecular flexibility index (Phi) is 1.06. The third kappa shape index (κ3) is 0.725. The van der Waals surface area contributed by atoms with Gasteiger partial charge in [-0.05, 0) is 0 Å². The molecule has 52 valence electrons. The van der Waals surface area contributed by atoms with Crippen LogP contribution in [0.3, 0.4) is 0 Å². The van der Waals surface area contributed by atoms with Crippen molar-refractivity contribution in [2.45, 2.75) is 13.5 Å². The van der Waals surface area contributed by atoms with Crippen molar-refractivity contribution in [1.29, 1.82) is 0 Å². The molecule has 0 saturated heterocycles. The minimum absolute atomic E-state index is 0.481. The number of fused-ring (bicyclic) bond motifs is 1. The summed E-state index contributed by atoms with van der Waals surface area (Å²) in [5.41, 5.74) is 0. The third-order valence-electron chi connectivity index (χ3n) is 1.50. The van der Waals surface area contributed by atoms with Crippen LogP contribution >= 0.6 is 0 Å². The Labute approximate surface area is 58.6 Å². The van der Waals surface area contributed by atoms with E-state index in [-0.39, 0.29) is 0 Å². The molecular weight excluding hydrogens is 128 g/mol. The molecule has 0 radical (unpaired) electrons. The fraction of sp³-hybridized carbons (Fsp3) is 0.500. The Bertz CT molecular complexity index is 262. The maximum atomic E-state index is 4.10. The van der Waals surface area contributed by atoms with Crippen LogP contribution in [0.15, 0.2) is 11.3 Å². The zero-order valence-corrected chi connectivity index (χ0v) is 5.73. The molecule has 1 aliphatic rings. The molecule has 0 spiro atoms. The number of nitrogens with zero attached hydrogens (tertiary/aromatic N) is 4. The molecule has 0 aliphatic carbocycles. The van der Waals surface area contributed by atoms with Gasteiger partial charge in [-0.2, -0.15) is 10.1 Å². The van der Waals surface area contributed by atoms with Crippen LogP contribution in [0.4, 0.5) is 5.95 Å². The lowest BCUT2D eigenvalue weighted by Gasteiger charge is -2.10. The normalized spacial score (nSPS) is 22.7. The van der Waals surface area contributed by atoms with Crippen LogP contribution < -0.4 is 0 Å². The quantitative estimate of drug-likeness (QED) is 0.525. The molecule has 4 nitrogen and oxygen atoms in total. The second kappa shape index (κ2) is 1.90. The molecule has 0 saturated carbocycles. The first-order chi connectivity index (χ1) is 4.86. The zero-order chi connectivity index (χ0) is 6.97. The number of aromatic nitrogens is 3. The third-order valence-corrected chi connectivity index (χ3v) is 1.50. The first-order valence-corrected chi connectivity index (χ1v) is 3.28. The highest BCUT2D eigenvalue weighted by atomic mass is 15.4. The fourth-order valence-electron chi connectivity index (χ4n) is 1.00. The maximum Gasteiger partial charge on any atom is 0.247 e. The van der Waals surface area contributed by atoms with Gasteiger partial charge in [-0.15, -0.1) is 0 Å². The summed E-state index contributed by atoms with van der Waals surface area (Å²) in [6.07, 6.45) is 3.44. The van der Waals surface area contributed by atoms with Gasteiger partial charge in [-0.3, -0.25) is 0 Å². The SMILES string of the molecule is CC1C=Nc2ncnn2C1. The van der Waals surface area contributed by atoms with E-state index >= 15 is 0 Å². The molecule has 0 fully saturated rings. The smallest absolute Gasteiger partial charge is 0.230 e. The molecule has 4 heteroatoms. The van der Waals surface area contributed by atoms with Crippen LogP contribution in [0.5, 0.6) is 0 Å². The van der Waals surface area contributed by atoms with E-state index in [1.807, 2.05) is 10.9 Å². The van der Waals surface area contributed by atoms with Gasteiger partial charge in [0.25, 0.3) is 0 Å². The molecule has 0 bridgehead atoms. The average molecular weight is 136 g/mol. The van der Waals surface area contributed by atoms with E-state index in [2.05, 4.69) is 22.0 Å². The van der Waals surface area contributed by atoms with E-state index in [0.717, 1.165) is 12.5 Å². The monoisotopic (exact) mass is 136 g/mol. The van der Waals surface area contributed by atoms with Crippen LogP contribution in [0, 0.1) is 5.92 Å². The summed E-state index contributed by atoms with van der Waals surface area (Å²) in [4.78, 5) is 8.04. The van der Waals surface area contributed by atoms with Crippen molar-refractivity contribution >= 4 is 12.2 Å². The van der Waals surface area contributed by atoms with Gasteiger partial charge in [0.1, 0.15) is 6.33 Å². The molecular formula is C6H8N4. The van der Waals surface area contributed by atoms with Crippen molar-refractivity contribution in [3.05, 3.63) is 6.33 Å². The lowest BCUT2D eigenvalue weighted by Crippen LogP contribution is -2.13. The number of aliphatic imine (C=N–C) groups is 1. The van der Waals surface area contributed by atoms with Gasteiger partial charge in [0.2, 0.25) is 5.95 Å². The van der Waals surface area contributed by atoms with Crippen LogP contribution in [0.2, 0.25) is 0 Å². The second-order valence-electron chi connectivity index (χ2n) is 2.50. The number of hydrogen-bond donors (Lipinski definition) is 0. The first-order valence-electron chi connectivity index (χ1n) is 3.28. The minimum atomic E-state index is 0.481. The lowest BCUT2D eigenvalue weighted by atomic mass is 10.2. The highest BCUT2D eigenvalue weighted by Crippen LogP contribution is 2.13. The van der Waals surface area contributed by atoms with Gasteiger partial charge in [0.05, 0.1) is 6.54 Å². The van der Waals surface area contributed by atoms with Gasteiger partial charge in [0, 0.05) is 12.1 Å². The number of hydrogen-bond acceptors (Lipinski definition) is 3. The molecule has 1 aromatic heterocycles. The van der Waals surface area contributed by atoms with Crippen molar-refractivity contribution in [3.63, 3.8) is 0 Å². The predicted octanol–water partition coefficient (Wildman–Crippen LogP) is 0.630. The highest BCUT2D eigenvalue weighted by molar-refractivity contribution is 5.64. The van der Waals surface area contributed by atoms with Gasteiger partial charge < -0.3 is 0 Å². The summed E-state index contributed by atoms with van der Waals surface area (Å²) in [6, 6.07) is 0. The summed E-state index contributed by atoms with van der Waals surface area (Å²) in [5, 5.41) is 4.00. The number of rotatable bonds is 0. The molecule has 0 N–H and O–H groups in total. The van der Waals surface area contributed by atoms with Crippen molar-refractivity contribution in [1.82, 2.24) is 14.8 Å². The van der Waals surface area contributed by atoms with E-state index in [1.54, 1.807) is 0 Å². The summed E-state index contributed by atoms with van der Waals surface area (Å²) in [5.74, 6) is 1.20. The molecule has 1 aliphatic heterocycles. The van der Waals surface area contributed by atoms with Gasteiger partial charge >= 0.3 is 0 Å². The molecule has 1 aromatic rings. The van der Waals surface area contributed by atoms with E-state index < -0.39 is 0 Å². The first kappa shape index (κ1) is 5.58. The Morgan fingerprint density at radius 3 is 3.50 bits per heavy atom. The molecule has 1 unspecified atom stereocenters. The highest BCUT2D eigenvalue weighted by Gasteiger charge is 2.10. The lowest BCUT2D eigenvalue weighted by molar-refractivity contribution is 0.537. The Balaban J connectivity index is 2.43. The second-order valence-corrected chi connectivity index (χ2v) is 2.50. The van der Waals surface area contributed by atoms with E-state index in [4.69, 9.17) is 0 Å². The average Bonchev–Trinajstić information content (AvgIpc) is 2.33.